The van der Waals surface area contributed by atoms with E-state index in [0.717, 1.165) is 15.4 Å². The fourth-order valence-corrected chi connectivity index (χ4v) is 4.07. The SMILES string of the molecule is CNC(=O)/C(=N/OC)c1ccccc1CO[As]=C(C)/C=C/c1c(Cl)cccc1Cl. The van der Waals surface area contributed by atoms with Gasteiger partial charge in [-0.1, -0.05) is 0 Å². The van der Waals surface area contributed by atoms with Gasteiger partial charge in [0.15, 0.2) is 0 Å². The van der Waals surface area contributed by atoms with Crippen LogP contribution in [-0.2, 0) is 20.0 Å². The molecule has 0 heterocycles. The Morgan fingerprint density at radius 1 is 1.17 bits per heavy atom. The Labute approximate surface area is 187 Å². The van der Waals surface area contributed by atoms with Crippen molar-refractivity contribution in [3.63, 3.8) is 0 Å². The molecule has 1 amide bonds. The van der Waals surface area contributed by atoms with Crippen LogP contribution in [0.1, 0.15) is 23.6 Å². The van der Waals surface area contributed by atoms with Gasteiger partial charge in [-0.15, -0.1) is 0 Å². The second-order valence-corrected chi connectivity index (χ2v) is 9.05. The van der Waals surface area contributed by atoms with E-state index >= 15 is 0 Å². The maximum absolute atomic E-state index is 12.1. The van der Waals surface area contributed by atoms with Crippen molar-refractivity contribution in [3.05, 3.63) is 75.3 Å². The molecule has 152 valence electrons. The van der Waals surface area contributed by atoms with Crippen LogP contribution in [-0.4, -0.2) is 45.7 Å². The molecule has 2 aromatic rings. The van der Waals surface area contributed by atoms with Crippen molar-refractivity contribution in [2.45, 2.75) is 13.5 Å². The van der Waals surface area contributed by atoms with Crippen LogP contribution in [0, 0.1) is 0 Å². The van der Waals surface area contributed by atoms with E-state index in [1.54, 1.807) is 19.2 Å². The van der Waals surface area contributed by atoms with Gasteiger partial charge >= 0.3 is 188 Å². The third kappa shape index (κ3) is 6.83. The molecule has 0 unspecified atom stereocenters. The van der Waals surface area contributed by atoms with Crippen LogP contribution < -0.4 is 5.32 Å². The van der Waals surface area contributed by atoms with Crippen LogP contribution in [0.25, 0.3) is 6.08 Å². The number of hydrogen-bond donors (Lipinski definition) is 1. The van der Waals surface area contributed by atoms with E-state index in [1.165, 1.54) is 7.11 Å². The Morgan fingerprint density at radius 2 is 1.86 bits per heavy atom. The zero-order valence-electron chi connectivity index (χ0n) is 16.3. The summed E-state index contributed by atoms with van der Waals surface area (Å²) in [5, 5.41) is 7.64. The number of likely N-dealkylation sites (N-methyl/N-ethyl adjacent to an activating group) is 1. The number of amides is 1. The van der Waals surface area contributed by atoms with E-state index in [1.807, 2.05) is 49.4 Å². The van der Waals surface area contributed by atoms with Crippen molar-refractivity contribution in [2.75, 3.05) is 14.2 Å². The van der Waals surface area contributed by atoms with Crippen molar-refractivity contribution < 1.29 is 13.4 Å². The Hall–Kier alpha value is -1.91. The van der Waals surface area contributed by atoms with Gasteiger partial charge in [-0.2, -0.15) is 0 Å². The molecule has 0 aliphatic carbocycles. The fraction of sp³-hybridized carbons (Fsp3) is 0.190. The van der Waals surface area contributed by atoms with Crippen LogP contribution in [0.15, 0.2) is 53.7 Å². The van der Waals surface area contributed by atoms with E-state index in [-0.39, 0.29) is 11.6 Å². The zero-order valence-corrected chi connectivity index (χ0v) is 19.7. The molecule has 2 aromatic carbocycles. The molecule has 0 saturated carbocycles. The molecule has 0 atom stereocenters. The van der Waals surface area contributed by atoms with Gasteiger partial charge in [0.25, 0.3) is 0 Å². The minimum absolute atomic E-state index is 0.208. The number of rotatable bonds is 8. The number of hydrogen-bond acceptors (Lipinski definition) is 4. The molecule has 0 aromatic heterocycles. The first-order valence-electron chi connectivity index (χ1n) is 8.68. The third-order valence-corrected chi connectivity index (χ3v) is 5.93. The standard InChI is InChI=1S/C21H21AsCl2N2O3/c1-14(11-12-17-18(23)9-6-10-19(17)24)22-29-13-15-7-4-5-8-16(15)20(26-28-3)21(27)25-2/h4-12H,13H2,1-3H3,(H,25,27)/b12-11+,26-20+. The van der Waals surface area contributed by atoms with Crippen molar-refractivity contribution in [2.24, 2.45) is 5.16 Å². The quantitative estimate of drug-likeness (QED) is 0.341. The molecule has 29 heavy (non-hydrogen) atoms. The number of nitrogens with one attached hydrogen (secondary N) is 1. The maximum atomic E-state index is 12.1. The van der Waals surface area contributed by atoms with Crippen molar-refractivity contribution in [1.29, 1.82) is 0 Å². The number of benzene rings is 2. The summed E-state index contributed by atoms with van der Waals surface area (Å²) in [5.74, 6) is -0.324. The van der Waals surface area contributed by atoms with E-state index in [4.69, 9.17) is 31.8 Å². The van der Waals surface area contributed by atoms with Crippen LogP contribution in [0.5, 0.6) is 0 Å². The van der Waals surface area contributed by atoms with Crippen molar-refractivity contribution in [3.8, 4) is 0 Å². The van der Waals surface area contributed by atoms with Crippen LogP contribution in [0.3, 0.4) is 0 Å². The van der Waals surface area contributed by atoms with Crippen molar-refractivity contribution in [1.82, 2.24) is 5.32 Å². The number of halogens is 2. The van der Waals surface area contributed by atoms with Crippen LogP contribution in [0.4, 0.5) is 0 Å². The van der Waals surface area contributed by atoms with Crippen LogP contribution >= 0.6 is 23.2 Å². The fourth-order valence-electron chi connectivity index (χ4n) is 2.41. The first-order valence-corrected chi connectivity index (χ1v) is 11.1. The van der Waals surface area contributed by atoms with Gasteiger partial charge in [-0.25, -0.2) is 0 Å². The molecular formula is C21H21AsCl2N2O3. The Bertz CT molecular complexity index is 938. The molecule has 5 nitrogen and oxygen atoms in total. The van der Waals surface area contributed by atoms with Gasteiger partial charge in [0.1, 0.15) is 0 Å². The second kappa shape index (κ2) is 11.9. The van der Waals surface area contributed by atoms with Gasteiger partial charge < -0.3 is 0 Å². The normalized spacial score (nSPS) is 12.3. The molecule has 0 bridgehead atoms. The molecule has 0 aliphatic rings. The summed E-state index contributed by atoms with van der Waals surface area (Å²) >= 11 is 11.9. The summed E-state index contributed by atoms with van der Waals surface area (Å²) in [7, 11) is 2.95. The summed E-state index contributed by atoms with van der Waals surface area (Å²) in [6.45, 7) is 2.35. The van der Waals surface area contributed by atoms with Crippen molar-refractivity contribution >= 4 is 60.9 Å². The predicted molar refractivity (Wildman–Crippen MR) is 121 cm³/mol. The summed E-state index contributed by atoms with van der Waals surface area (Å²) in [6, 6.07) is 12.9. The molecule has 1 N–H and O–H groups in total. The number of carbonyl (C=O) groups excluding carboxylic acids is 1. The third-order valence-electron chi connectivity index (χ3n) is 3.82. The van der Waals surface area contributed by atoms with Gasteiger partial charge in [-0.3, -0.25) is 0 Å². The topological polar surface area (TPSA) is 59.9 Å². The first-order chi connectivity index (χ1) is 14.0. The van der Waals surface area contributed by atoms with Gasteiger partial charge in [-0.05, 0) is 0 Å². The zero-order chi connectivity index (χ0) is 21.2. The molecule has 0 spiro atoms. The molecule has 0 fully saturated rings. The molecule has 0 aliphatic heterocycles. The molecule has 0 radical (unpaired) electrons. The Kier molecular flexibility index (Phi) is 9.62. The van der Waals surface area contributed by atoms with Gasteiger partial charge in [0.05, 0.1) is 0 Å². The monoisotopic (exact) mass is 494 g/mol. The van der Waals surface area contributed by atoms with Gasteiger partial charge in [0.2, 0.25) is 0 Å². The average Bonchev–Trinajstić information content (AvgIpc) is 2.71. The summed E-state index contributed by atoms with van der Waals surface area (Å²) in [4.78, 5) is 16.9. The number of oxime groups is 1. The number of carbonyl (C=O) groups is 1. The Balaban J connectivity index is 2.13. The first kappa shape index (κ1) is 23.4. The van der Waals surface area contributed by atoms with Gasteiger partial charge in [0, 0.05) is 0 Å². The summed E-state index contributed by atoms with van der Waals surface area (Å²) in [6.07, 6.45) is 3.85. The average molecular weight is 495 g/mol. The number of nitrogens with zero attached hydrogens (tertiary/aromatic N) is 1. The molecule has 2 rings (SSSR count). The van der Waals surface area contributed by atoms with E-state index in [2.05, 4.69) is 10.5 Å². The summed E-state index contributed by atoms with van der Waals surface area (Å²) in [5.41, 5.74) is 2.52. The number of allylic oxidation sites excluding steroid dienone is 1. The summed E-state index contributed by atoms with van der Waals surface area (Å²) < 4.78 is 7.01. The molecule has 0 saturated heterocycles. The minimum atomic E-state index is -0.511. The molecule has 8 heteroatoms. The van der Waals surface area contributed by atoms with E-state index in [9.17, 15) is 4.79 Å². The second-order valence-electron chi connectivity index (χ2n) is 5.83. The van der Waals surface area contributed by atoms with E-state index in [0.29, 0.717) is 22.2 Å². The Morgan fingerprint density at radius 3 is 2.52 bits per heavy atom. The van der Waals surface area contributed by atoms with Crippen LogP contribution in [0.2, 0.25) is 10.0 Å². The molecular weight excluding hydrogens is 474 g/mol. The predicted octanol–water partition coefficient (Wildman–Crippen LogP) is 4.13. The van der Waals surface area contributed by atoms with E-state index < -0.39 is 15.7 Å².